The molecular weight excluding hydrogens is 286 g/mol. The molecule has 20 heavy (non-hydrogen) atoms. The largest absolute Gasteiger partial charge is 0.351 e. The van der Waals surface area contributed by atoms with Crippen molar-refractivity contribution in [3.63, 3.8) is 0 Å². The van der Waals surface area contributed by atoms with Gasteiger partial charge in [-0.2, -0.15) is 0 Å². The molecule has 0 unspecified atom stereocenters. The molecule has 0 atom stereocenters. The van der Waals surface area contributed by atoms with Gasteiger partial charge in [-0.25, -0.2) is 0 Å². The monoisotopic (exact) mass is 301 g/mol. The molecule has 0 radical (unpaired) electrons. The molecule has 4 heteroatoms. The van der Waals surface area contributed by atoms with Gasteiger partial charge in [0, 0.05) is 16.1 Å². The molecule has 0 saturated heterocycles. The second-order valence-electron chi connectivity index (χ2n) is 4.67. The SMILES string of the molecule is Cc1ccc(C(=O)NCCc2csc3ccccc23)s1. The molecule has 0 spiro atoms. The summed E-state index contributed by atoms with van der Waals surface area (Å²) in [4.78, 5) is 13.9. The molecule has 3 rings (SSSR count). The average Bonchev–Trinajstić information content (AvgIpc) is 3.06. The van der Waals surface area contributed by atoms with E-state index in [-0.39, 0.29) is 5.91 Å². The van der Waals surface area contributed by atoms with Crippen LogP contribution in [0.2, 0.25) is 0 Å². The molecule has 0 fully saturated rings. The topological polar surface area (TPSA) is 29.1 Å². The second-order valence-corrected chi connectivity index (χ2v) is 6.87. The molecule has 0 saturated carbocycles. The van der Waals surface area contributed by atoms with E-state index in [0.29, 0.717) is 6.54 Å². The highest BCUT2D eigenvalue weighted by atomic mass is 32.1. The van der Waals surface area contributed by atoms with E-state index >= 15 is 0 Å². The summed E-state index contributed by atoms with van der Waals surface area (Å²) in [6.07, 6.45) is 0.875. The lowest BCUT2D eigenvalue weighted by atomic mass is 10.1. The smallest absolute Gasteiger partial charge is 0.261 e. The fraction of sp³-hybridized carbons (Fsp3) is 0.188. The number of benzene rings is 1. The normalized spacial score (nSPS) is 10.8. The van der Waals surface area contributed by atoms with E-state index in [1.54, 1.807) is 11.3 Å². The lowest BCUT2D eigenvalue weighted by Crippen LogP contribution is -2.24. The fourth-order valence-electron chi connectivity index (χ4n) is 2.18. The van der Waals surface area contributed by atoms with E-state index in [1.807, 2.05) is 19.1 Å². The Morgan fingerprint density at radius 2 is 2.05 bits per heavy atom. The Morgan fingerprint density at radius 3 is 2.85 bits per heavy atom. The first-order valence-corrected chi connectivity index (χ1v) is 8.23. The lowest BCUT2D eigenvalue weighted by molar-refractivity contribution is 0.0958. The van der Waals surface area contributed by atoms with Crippen molar-refractivity contribution in [1.82, 2.24) is 5.32 Å². The summed E-state index contributed by atoms with van der Waals surface area (Å²) in [6.45, 7) is 2.69. The second kappa shape index (κ2) is 5.77. The van der Waals surface area contributed by atoms with E-state index < -0.39 is 0 Å². The van der Waals surface area contributed by atoms with Gasteiger partial charge in [-0.05, 0) is 47.9 Å². The predicted molar refractivity (Wildman–Crippen MR) is 86.9 cm³/mol. The molecule has 1 aromatic carbocycles. The highest BCUT2D eigenvalue weighted by molar-refractivity contribution is 7.17. The summed E-state index contributed by atoms with van der Waals surface area (Å²) < 4.78 is 1.31. The van der Waals surface area contributed by atoms with Crippen LogP contribution in [0.5, 0.6) is 0 Å². The van der Waals surface area contributed by atoms with Crippen molar-refractivity contribution in [2.75, 3.05) is 6.54 Å². The number of aryl methyl sites for hydroxylation is 1. The standard InChI is InChI=1S/C16H15NOS2/c1-11-6-7-15(20-11)16(18)17-9-8-12-10-19-14-5-3-2-4-13(12)14/h2-7,10H,8-9H2,1H3,(H,17,18). The Hall–Kier alpha value is -1.65. The third-order valence-corrected chi connectivity index (χ3v) is 5.22. The van der Waals surface area contributed by atoms with Crippen LogP contribution in [-0.2, 0) is 6.42 Å². The highest BCUT2D eigenvalue weighted by Crippen LogP contribution is 2.25. The highest BCUT2D eigenvalue weighted by Gasteiger charge is 2.08. The Kier molecular flexibility index (Phi) is 3.85. The predicted octanol–water partition coefficient (Wildman–Crippen LogP) is 4.24. The van der Waals surface area contributed by atoms with Gasteiger partial charge in [0.15, 0.2) is 0 Å². The van der Waals surface area contributed by atoms with Gasteiger partial charge < -0.3 is 5.32 Å². The van der Waals surface area contributed by atoms with E-state index in [0.717, 1.165) is 11.3 Å². The third-order valence-electron chi connectivity index (χ3n) is 3.21. The van der Waals surface area contributed by atoms with Crippen molar-refractivity contribution in [1.29, 1.82) is 0 Å². The number of carbonyl (C=O) groups is 1. The quantitative estimate of drug-likeness (QED) is 0.767. The van der Waals surface area contributed by atoms with Crippen LogP contribution in [-0.4, -0.2) is 12.5 Å². The van der Waals surface area contributed by atoms with Crippen LogP contribution in [0, 0.1) is 6.92 Å². The van der Waals surface area contributed by atoms with Gasteiger partial charge in [0.05, 0.1) is 4.88 Å². The summed E-state index contributed by atoms with van der Waals surface area (Å²) in [6, 6.07) is 12.3. The Bertz CT molecular complexity index is 742. The molecule has 2 heterocycles. The Labute approximate surface area is 126 Å². The minimum absolute atomic E-state index is 0.0302. The average molecular weight is 301 g/mol. The van der Waals surface area contributed by atoms with Crippen LogP contribution in [0.25, 0.3) is 10.1 Å². The Morgan fingerprint density at radius 1 is 1.20 bits per heavy atom. The molecule has 0 aliphatic rings. The van der Waals surface area contributed by atoms with Gasteiger partial charge in [0.25, 0.3) is 5.91 Å². The molecule has 1 N–H and O–H groups in total. The molecule has 1 amide bonds. The maximum atomic E-state index is 12.0. The summed E-state index contributed by atoms with van der Waals surface area (Å²) in [7, 11) is 0. The third kappa shape index (κ3) is 2.76. The van der Waals surface area contributed by atoms with Crippen molar-refractivity contribution < 1.29 is 4.79 Å². The number of rotatable bonds is 4. The number of fused-ring (bicyclic) bond motifs is 1. The zero-order valence-electron chi connectivity index (χ0n) is 11.2. The van der Waals surface area contributed by atoms with Crippen LogP contribution >= 0.6 is 22.7 Å². The van der Waals surface area contributed by atoms with Gasteiger partial charge in [0.1, 0.15) is 0 Å². The van der Waals surface area contributed by atoms with E-state index in [2.05, 4.69) is 35.0 Å². The van der Waals surface area contributed by atoms with Gasteiger partial charge in [-0.1, -0.05) is 18.2 Å². The first kappa shape index (κ1) is 13.3. The molecule has 3 aromatic rings. The number of nitrogens with one attached hydrogen (secondary N) is 1. The number of carbonyl (C=O) groups excluding carboxylic acids is 1. The van der Waals surface area contributed by atoms with Crippen LogP contribution in [0.1, 0.15) is 20.1 Å². The molecule has 0 bridgehead atoms. The zero-order chi connectivity index (χ0) is 13.9. The summed E-state index contributed by atoms with van der Waals surface area (Å²) >= 11 is 3.30. The van der Waals surface area contributed by atoms with Gasteiger partial charge in [-0.3, -0.25) is 4.79 Å². The van der Waals surface area contributed by atoms with Crippen molar-refractivity contribution >= 4 is 38.7 Å². The van der Waals surface area contributed by atoms with Crippen LogP contribution in [0.15, 0.2) is 41.8 Å². The Balaban J connectivity index is 1.61. The number of thiophene rings is 2. The number of hydrogen-bond acceptors (Lipinski definition) is 3. The van der Waals surface area contributed by atoms with E-state index in [4.69, 9.17) is 0 Å². The summed E-state index contributed by atoms with van der Waals surface area (Å²) in [5.41, 5.74) is 1.31. The van der Waals surface area contributed by atoms with Crippen molar-refractivity contribution in [3.8, 4) is 0 Å². The van der Waals surface area contributed by atoms with Gasteiger partial charge in [0.2, 0.25) is 0 Å². The molecular formula is C16H15NOS2. The maximum Gasteiger partial charge on any atom is 0.261 e. The summed E-state index contributed by atoms with van der Waals surface area (Å²) in [5, 5.41) is 6.48. The minimum atomic E-state index is 0.0302. The molecule has 0 aliphatic carbocycles. The first-order chi connectivity index (χ1) is 9.74. The molecule has 2 nitrogen and oxygen atoms in total. The fourth-order valence-corrected chi connectivity index (χ4v) is 3.96. The summed E-state index contributed by atoms with van der Waals surface area (Å²) in [5.74, 6) is 0.0302. The maximum absolute atomic E-state index is 12.0. The van der Waals surface area contributed by atoms with Crippen LogP contribution < -0.4 is 5.32 Å². The van der Waals surface area contributed by atoms with Gasteiger partial charge >= 0.3 is 0 Å². The van der Waals surface area contributed by atoms with Gasteiger partial charge in [-0.15, -0.1) is 22.7 Å². The van der Waals surface area contributed by atoms with Crippen molar-refractivity contribution in [2.45, 2.75) is 13.3 Å². The zero-order valence-corrected chi connectivity index (χ0v) is 12.8. The van der Waals surface area contributed by atoms with E-state index in [9.17, 15) is 4.79 Å². The number of hydrogen-bond donors (Lipinski definition) is 1. The molecule has 2 aromatic heterocycles. The van der Waals surface area contributed by atoms with Crippen molar-refractivity contribution in [3.05, 3.63) is 57.1 Å². The van der Waals surface area contributed by atoms with Crippen LogP contribution in [0.4, 0.5) is 0 Å². The lowest BCUT2D eigenvalue weighted by Gasteiger charge is -2.03. The van der Waals surface area contributed by atoms with E-state index in [1.165, 1.54) is 31.9 Å². The molecule has 0 aliphatic heterocycles. The van der Waals surface area contributed by atoms with Crippen LogP contribution in [0.3, 0.4) is 0 Å². The van der Waals surface area contributed by atoms with Crippen molar-refractivity contribution in [2.24, 2.45) is 0 Å². The minimum Gasteiger partial charge on any atom is -0.351 e. The number of amides is 1. The molecule has 102 valence electrons. The first-order valence-electron chi connectivity index (χ1n) is 6.54.